The van der Waals surface area contributed by atoms with Crippen molar-refractivity contribution in [2.24, 2.45) is 17.8 Å². The number of carbonyl (C=O) groups is 3. The van der Waals surface area contributed by atoms with Gasteiger partial charge in [0.05, 0.1) is 18.4 Å². The van der Waals surface area contributed by atoms with Gasteiger partial charge in [-0.15, -0.1) is 0 Å². The molecule has 0 spiro atoms. The highest BCUT2D eigenvalue weighted by molar-refractivity contribution is 6.07. The second kappa shape index (κ2) is 4.00. The predicted octanol–water partition coefficient (Wildman–Crippen LogP) is 0.997. The molecule has 2 aliphatic rings. The van der Waals surface area contributed by atoms with E-state index < -0.39 is 0 Å². The first-order valence-electron chi connectivity index (χ1n) is 5.89. The van der Waals surface area contributed by atoms with Crippen molar-refractivity contribution in [3.8, 4) is 0 Å². The molecule has 0 aromatic carbocycles. The largest absolute Gasteiger partial charge is 0.298 e. The van der Waals surface area contributed by atoms with Crippen LogP contribution in [-0.2, 0) is 14.4 Å². The molecular formula is C12H17NO3. The Labute approximate surface area is 95.0 Å². The van der Waals surface area contributed by atoms with Crippen molar-refractivity contribution < 1.29 is 14.4 Å². The minimum Gasteiger partial charge on any atom is -0.298 e. The molecule has 88 valence electrons. The van der Waals surface area contributed by atoms with Crippen molar-refractivity contribution in [3.63, 3.8) is 0 Å². The van der Waals surface area contributed by atoms with Crippen LogP contribution in [0.15, 0.2) is 0 Å². The highest BCUT2D eigenvalue weighted by atomic mass is 16.2. The normalized spacial score (nSPS) is 33.4. The Kier molecular flexibility index (Phi) is 2.82. The standard InChI is InChI=1S/C12H17NO3/c1-3-8-4-9-10(5-8)12(16)13(11(9)15)6-7(2)14/h8-10H,3-6H2,1-2H3. The lowest BCUT2D eigenvalue weighted by Crippen LogP contribution is -2.36. The van der Waals surface area contributed by atoms with Crippen LogP contribution in [0.2, 0.25) is 0 Å². The maximum Gasteiger partial charge on any atom is 0.233 e. The van der Waals surface area contributed by atoms with Gasteiger partial charge in [-0.1, -0.05) is 13.3 Å². The molecule has 1 saturated heterocycles. The van der Waals surface area contributed by atoms with E-state index in [-0.39, 0.29) is 36.0 Å². The Bertz CT molecular complexity index is 326. The highest BCUT2D eigenvalue weighted by Gasteiger charge is 2.52. The Morgan fingerprint density at radius 1 is 1.25 bits per heavy atom. The van der Waals surface area contributed by atoms with Crippen LogP contribution in [0.4, 0.5) is 0 Å². The zero-order valence-electron chi connectivity index (χ0n) is 9.73. The van der Waals surface area contributed by atoms with Gasteiger partial charge in [-0.2, -0.15) is 0 Å². The van der Waals surface area contributed by atoms with E-state index in [1.165, 1.54) is 6.92 Å². The summed E-state index contributed by atoms with van der Waals surface area (Å²) in [4.78, 5) is 36.0. The maximum atomic E-state index is 11.9. The number of hydrogen-bond donors (Lipinski definition) is 0. The molecule has 2 rings (SSSR count). The molecule has 16 heavy (non-hydrogen) atoms. The van der Waals surface area contributed by atoms with Gasteiger partial charge in [0.1, 0.15) is 5.78 Å². The quantitative estimate of drug-likeness (QED) is 0.671. The minimum absolute atomic E-state index is 0.0402. The third-order valence-corrected chi connectivity index (χ3v) is 3.78. The molecule has 0 N–H and O–H groups in total. The van der Waals surface area contributed by atoms with E-state index in [1.54, 1.807) is 0 Å². The smallest absolute Gasteiger partial charge is 0.233 e. The summed E-state index contributed by atoms with van der Waals surface area (Å²) >= 11 is 0. The van der Waals surface area contributed by atoms with Crippen LogP contribution in [0.25, 0.3) is 0 Å². The first-order chi connectivity index (χ1) is 7.54. The summed E-state index contributed by atoms with van der Waals surface area (Å²) < 4.78 is 0. The molecule has 1 aliphatic heterocycles. The molecule has 2 fully saturated rings. The second-order valence-corrected chi connectivity index (χ2v) is 4.92. The summed E-state index contributed by atoms with van der Waals surface area (Å²) in [5, 5.41) is 0. The number of hydrogen-bond acceptors (Lipinski definition) is 3. The summed E-state index contributed by atoms with van der Waals surface area (Å²) in [5.74, 6) is -0.160. The zero-order valence-corrected chi connectivity index (χ0v) is 9.73. The van der Waals surface area contributed by atoms with Crippen LogP contribution < -0.4 is 0 Å². The number of likely N-dealkylation sites (tertiary alicyclic amines) is 1. The molecule has 2 amide bonds. The molecule has 0 bridgehead atoms. The number of ketones is 1. The van der Waals surface area contributed by atoms with Gasteiger partial charge in [0.2, 0.25) is 11.8 Å². The predicted molar refractivity (Wildman–Crippen MR) is 57.4 cm³/mol. The fourth-order valence-corrected chi connectivity index (χ4v) is 2.91. The second-order valence-electron chi connectivity index (χ2n) is 4.92. The van der Waals surface area contributed by atoms with Crippen LogP contribution in [0.1, 0.15) is 33.1 Å². The zero-order chi connectivity index (χ0) is 11.9. The van der Waals surface area contributed by atoms with E-state index in [9.17, 15) is 14.4 Å². The number of amides is 2. The van der Waals surface area contributed by atoms with Gasteiger partial charge in [-0.3, -0.25) is 19.3 Å². The number of rotatable bonds is 3. The van der Waals surface area contributed by atoms with Crippen LogP contribution in [0, 0.1) is 17.8 Å². The van der Waals surface area contributed by atoms with Crippen LogP contribution in [0.5, 0.6) is 0 Å². The molecule has 0 radical (unpaired) electrons. The third-order valence-electron chi connectivity index (χ3n) is 3.78. The Balaban J connectivity index is 2.13. The lowest BCUT2D eigenvalue weighted by molar-refractivity contribution is -0.143. The summed E-state index contributed by atoms with van der Waals surface area (Å²) in [7, 11) is 0. The van der Waals surface area contributed by atoms with Crippen LogP contribution in [-0.4, -0.2) is 29.0 Å². The molecule has 4 heteroatoms. The average Bonchev–Trinajstić information content (AvgIpc) is 2.74. The Morgan fingerprint density at radius 3 is 2.12 bits per heavy atom. The lowest BCUT2D eigenvalue weighted by Gasteiger charge is -2.15. The number of Topliss-reactive ketones (excluding diaryl/α,β-unsaturated/α-hetero) is 1. The fraction of sp³-hybridized carbons (Fsp3) is 0.750. The molecule has 2 atom stereocenters. The first-order valence-corrected chi connectivity index (χ1v) is 5.89. The minimum atomic E-state index is -0.142. The van der Waals surface area contributed by atoms with E-state index in [1.807, 2.05) is 0 Å². The van der Waals surface area contributed by atoms with Gasteiger partial charge >= 0.3 is 0 Å². The van der Waals surface area contributed by atoms with Crippen molar-refractivity contribution in [3.05, 3.63) is 0 Å². The fourth-order valence-electron chi connectivity index (χ4n) is 2.91. The number of carbonyl (C=O) groups excluding carboxylic acids is 3. The molecular weight excluding hydrogens is 206 g/mol. The van der Waals surface area contributed by atoms with Gasteiger partial charge in [0.15, 0.2) is 0 Å². The highest BCUT2D eigenvalue weighted by Crippen LogP contribution is 2.44. The number of nitrogens with zero attached hydrogens (tertiary/aromatic N) is 1. The summed E-state index contributed by atoms with van der Waals surface area (Å²) in [6, 6.07) is 0. The van der Waals surface area contributed by atoms with Gasteiger partial charge in [-0.05, 0) is 25.7 Å². The molecule has 4 nitrogen and oxygen atoms in total. The van der Waals surface area contributed by atoms with Gasteiger partial charge in [0, 0.05) is 0 Å². The molecule has 1 saturated carbocycles. The summed E-state index contributed by atoms with van der Waals surface area (Å²) in [6.07, 6.45) is 2.67. The van der Waals surface area contributed by atoms with E-state index in [4.69, 9.17) is 0 Å². The van der Waals surface area contributed by atoms with Gasteiger partial charge in [-0.25, -0.2) is 0 Å². The van der Waals surface area contributed by atoms with Crippen molar-refractivity contribution in [2.45, 2.75) is 33.1 Å². The van der Waals surface area contributed by atoms with E-state index >= 15 is 0 Å². The third kappa shape index (κ3) is 1.66. The van der Waals surface area contributed by atoms with E-state index in [0.29, 0.717) is 5.92 Å². The maximum absolute atomic E-state index is 11.9. The number of fused-ring (bicyclic) bond motifs is 1. The first kappa shape index (κ1) is 11.3. The summed E-state index contributed by atoms with van der Waals surface area (Å²) in [5.41, 5.74) is 0. The van der Waals surface area contributed by atoms with Crippen LogP contribution >= 0.6 is 0 Å². The monoisotopic (exact) mass is 223 g/mol. The molecule has 0 aromatic rings. The van der Waals surface area contributed by atoms with Crippen molar-refractivity contribution >= 4 is 17.6 Å². The van der Waals surface area contributed by atoms with E-state index in [0.717, 1.165) is 24.2 Å². The molecule has 0 aromatic heterocycles. The van der Waals surface area contributed by atoms with Crippen molar-refractivity contribution in [1.82, 2.24) is 4.90 Å². The molecule has 2 unspecified atom stereocenters. The average molecular weight is 223 g/mol. The number of imide groups is 1. The van der Waals surface area contributed by atoms with Crippen LogP contribution in [0.3, 0.4) is 0 Å². The summed E-state index contributed by atoms with van der Waals surface area (Å²) in [6.45, 7) is 3.46. The Hall–Kier alpha value is -1.19. The molecule has 1 heterocycles. The Morgan fingerprint density at radius 2 is 1.75 bits per heavy atom. The lowest BCUT2D eigenvalue weighted by atomic mass is 10.00. The topological polar surface area (TPSA) is 54.5 Å². The SMILES string of the molecule is CCC1CC2C(=O)N(CC(C)=O)C(=O)C2C1. The van der Waals surface area contributed by atoms with Gasteiger partial charge in [0.25, 0.3) is 0 Å². The van der Waals surface area contributed by atoms with Crippen molar-refractivity contribution in [1.29, 1.82) is 0 Å². The molecule has 1 aliphatic carbocycles. The van der Waals surface area contributed by atoms with E-state index in [2.05, 4.69) is 6.92 Å². The van der Waals surface area contributed by atoms with Crippen molar-refractivity contribution in [2.75, 3.05) is 6.54 Å². The van der Waals surface area contributed by atoms with Gasteiger partial charge < -0.3 is 0 Å².